The van der Waals surface area contributed by atoms with Crippen molar-refractivity contribution >= 4 is 23.2 Å². The normalized spacial score (nSPS) is 11.4. The molecule has 234 valence electrons. The summed E-state index contributed by atoms with van der Waals surface area (Å²) in [5.41, 5.74) is 12.5. The quantitative estimate of drug-likeness (QED) is 0.160. The van der Waals surface area contributed by atoms with Crippen LogP contribution in [0.4, 0.5) is 0 Å². The molecule has 0 saturated heterocycles. The minimum Gasteiger partial charge on any atom is -1.00 e. The number of halogens is 3. The summed E-state index contributed by atoms with van der Waals surface area (Å²) in [5, 5.41) is 1.00. The second-order valence-electron chi connectivity index (χ2n) is 10.9. The maximum absolute atomic E-state index is 6.27. The second kappa shape index (κ2) is 16.6. The number of hydrogen-bond donors (Lipinski definition) is 1. The molecule has 5 rings (SSSR count). The lowest BCUT2D eigenvalue weighted by molar-refractivity contribution is -0.372. The van der Waals surface area contributed by atoms with Gasteiger partial charge in [0, 0.05) is 11.5 Å². The molecule has 0 amide bonds. The molecule has 0 spiro atoms. The van der Waals surface area contributed by atoms with Crippen LogP contribution < -0.4 is 32.4 Å². The lowest BCUT2D eigenvalue weighted by Crippen LogP contribution is -3.00. The van der Waals surface area contributed by atoms with Gasteiger partial charge in [-0.1, -0.05) is 102 Å². The maximum atomic E-state index is 6.27. The number of para-hydroxylation sites is 1. The summed E-state index contributed by atoms with van der Waals surface area (Å²) in [6, 6.07) is 37.1. The van der Waals surface area contributed by atoms with Crippen molar-refractivity contribution in [1.82, 2.24) is 0 Å². The molecule has 1 unspecified atom stereocenters. The molecule has 0 aliphatic carbocycles. The smallest absolute Gasteiger partial charge is 0.156 e. The lowest BCUT2D eigenvalue weighted by atomic mass is 9.87. The Bertz CT molecular complexity index is 1650. The van der Waals surface area contributed by atoms with Gasteiger partial charge in [0.25, 0.3) is 0 Å². The number of quaternary nitrogens is 1. The Balaban J connectivity index is 0.00000461. The van der Waals surface area contributed by atoms with Gasteiger partial charge in [-0.15, -0.1) is 0 Å². The van der Waals surface area contributed by atoms with E-state index in [9.17, 15) is 0 Å². The minimum absolute atomic E-state index is 0. The number of benzene rings is 5. The zero-order chi connectivity index (χ0) is 30.9. The first-order valence-corrected chi connectivity index (χ1v) is 15.6. The Labute approximate surface area is 282 Å². The van der Waals surface area contributed by atoms with E-state index >= 15 is 0 Å². The van der Waals surface area contributed by atoms with E-state index in [4.69, 9.17) is 37.4 Å². The lowest BCUT2D eigenvalue weighted by Gasteiger charge is -2.18. The molecule has 0 aliphatic heterocycles. The monoisotopic (exact) mass is 661 g/mol. The number of rotatable bonds is 13. The van der Waals surface area contributed by atoms with E-state index in [1.165, 1.54) is 16.7 Å². The Kier molecular flexibility index (Phi) is 12.6. The molecule has 5 aromatic carbocycles. The van der Waals surface area contributed by atoms with Gasteiger partial charge in [-0.25, -0.2) is 0 Å². The van der Waals surface area contributed by atoms with Gasteiger partial charge in [0.2, 0.25) is 0 Å². The maximum Gasteiger partial charge on any atom is 0.156 e. The van der Waals surface area contributed by atoms with Crippen LogP contribution in [0.3, 0.4) is 0 Å². The zero-order valence-electron chi connectivity index (χ0n) is 25.6. The Morgan fingerprint density at radius 1 is 0.689 bits per heavy atom. The van der Waals surface area contributed by atoms with Crippen molar-refractivity contribution in [2.45, 2.75) is 32.8 Å². The predicted octanol–water partition coefficient (Wildman–Crippen LogP) is 5.89. The van der Waals surface area contributed by atoms with Crippen molar-refractivity contribution in [2.24, 2.45) is 0 Å². The molecule has 5 aromatic rings. The fourth-order valence-electron chi connectivity index (χ4n) is 5.37. The molecule has 0 aromatic heterocycles. The molecule has 0 aliphatic rings. The van der Waals surface area contributed by atoms with Crippen molar-refractivity contribution in [2.75, 3.05) is 19.8 Å². The standard InChI is InChI=1S/C38H37Cl2NO3.ClH/c1-26-20-35(39)38(36(40)21-26)43-19-18-42-32-15-12-28(13-16-32)23-31(24-41)33-17-14-30(22-27(33)2)34-10-6-7-11-37(34)44-25-29-8-4-3-5-9-29;/h3-17,20-22,31H,18-19,23-25,41H2,1-2H3;1H. The topological polar surface area (TPSA) is 55.3 Å². The van der Waals surface area contributed by atoms with Crippen LogP contribution in [0.15, 0.2) is 109 Å². The SMILES string of the molecule is Cc1cc(Cl)c(OCCOc2ccc(CC(C[NH3+])c3ccc(-c4ccccc4OCc4ccccc4)cc3C)cc2)c(Cl)c1.[Cl-]. The second-order valence-corrected chi connectivity index (χ2v) is 11.7. The first kappa shape index (κ1) is 34.2. The zero-order valence-corrected chi connectivity index (χ0v) is 27.8. The van der Waals surface area contributed by atoms with E-state index < -0.39 is 0 Å². The number of aryl methyl sites for hydroxylation is 2. The molecule has 3 N–H and O–H groups in total. The van der Waals surface area contributed by atoms with E-state index in [2.05, 4.69) is 67.3 Å². The average molecular weight is 663 g/mol. The van der Waals surface area contributed by atoms with Crippen LogP contribution in [-0.4, -0.2) is 19.8 Å². The molecule has 4 nitrogen and oxygen atoms in total. The summed E-state index contributed by atoms with van der Waals surface area (Å²) in [5.74, 6) is 2.46. The summed E-state index contributed by atoms with van der Waals surface area (Å²) in [7, 11) is 0. The van der Waals surface area contributed by atoms with Crippen LogP contribution in [-0.2, 0) is 13.0 Å². The highest BCUT2D eigenvalue weighted by molar-refractivity contribution is 6.37. The third-order valence-electron chi connectivity index (χ3n) is 7.64. The van der Waals surface area contributed by atoms with Gasteiger partial charge in [0.05, 0.1) is 16.6 Å². The van der Waals surface area contributed by atoms with Crippen LogP contribution in [0.5, 0.6) is 17.2 Å². The van der Waals surface area contributed by atoms with Gasteiger partial charge in [-0.05, 0) is 84.0 Å². The molecule has 0 radical (unpaired) electrons. The number of ether oxygens (including phenoxy) is 3. The van der Waals surface area contributed by atoms with E-state index in [0.29, 0.717) is 41.5 Å². The molecular weight excluding hydrogens is 625 g/mol. The Morgan fingerprint density at radius 2 is 1.36 bits per heavy atom. The summed E-state index contributed by atoms with van der Waals surface area (Å²) in [6.45, 7) is 6.18. The van der Waals surface area contributed by atoms with E-state index in [1.807, 2.05) is 61.5 Å². The molecule has 1 atom stereocenters. The van der Waals surface area contributed by atoms with Gasteiger partial charge < -0.3 is 32.4 Å². The van der Waals surface area contributed by atoms with Crippen LogP contribution in [0, 0.1) is 13.8 Å². The van der Waals surface area contributed by atoms with Gasteiger partial charge in [0.1, 0.15) is 31.3 Å². The van der Waals surface area contributed by atoms with E-state index in [1.54, 1.807) is 0 Å². The number of hydrogen-bond acceptors (Lipinski definition) is 3. The van der Waals surface area contributed by atoms with Crippen molar-refractivity contribution in [3.05, 3.63) is 147 Å². The minimum atomic E-state index is 0. The molecule has 0 fully saturated rings. The molecular formula is C38H38Cl3NO3. The Morgan fingerprint density at radius 3 is 2.04 bits per heavy atom. The van der Waals surface area contributed by atoms with Gasteiger partial charge >= 0.3 is 0 Å². The van der Waals surface area contributed by atoms with Crippen molar-refractivity contribution in [3.63, 3.8) is 0 Å². The van der Waals surface area contributed by atoms with Gasteiger partial charge in [0.15, 0.2) is 5.75 Å². The van der Waals surface area contributed by atoms with Crippen LogP contribution in [0.2, 0.25) is 10.0 Å². The fraction of sp³-hybridized carbons (Fsp3) is 0.211. The largest absolute Gasteiger partial charge is 1.00 e. The molecule has 0 heterocycles. The van der Waals surface area contributed by atoms with E-state index in [-0.39, 0.29) is 12.4 Å². The highest BCUT2D eigenvalue weighted by atomic mass is 35.5. The first-order chi connectivity index (χ1) is 21.4. The first-order valence-electron chi connectivity index (χ1n) is 14.9. The van der Waals surface area contributed by atoms with Crippen molar-refractivity contribution in [1.29, 1.82) is 0 Å². The summed E-state index contributed by atoms with van der Waals surface area (Å²) in [4.78, 5) is 0. The van der Waals surface area contributed by atoms with E-state index in [0.717, 1.165) is 46.7 Å². The molecule has 7 heteroatoms. The summed E-state index contributed by atoms with van der Waals surface area (Å²) >= 11 is 12.5. The molecule has 0 saturated carbocycles. The van der Waals surface area contributed by atoms with Gasteiger partial charge in [-0.2, -0.15) is 0 Å². The predicted molar refractivity (Wildman–Crippen MR) is 180 cm³/mol. The van der Waals surface area contributed by atoms with Crippen LogP contribution >= 0.6 is 23.2 Å². The highest BCUT2D eigenvalue weighted by Gasteiger charge is 2.17. The van der Waals surface area contributed by atoms with Crippen LogP contribution in [0.25, 0.3) is 11.1 Å². The fourth-order valence-corrected chi connectivity index (χ4v) is 6.07. The molecule has 45 heavy (non-hydrogen) atoms. The Hall–Kier alpha value is -3.67. The van der Waals surface area contributed by atoms with Crippen LogP contribution in [0.1, 0.15) is 33.7 Å². The third-order valence-corrected chi connectivity index (χ3v) is 8.20. The highest BCUT2D eigenvalue weighted by Crippen LogP contribution is 2.35. The molecule has 0 bridgehead atoms. The van der Waals surface area contributed by atoms with Crippen molar-refractivity contribution < 1.29 is 32.4 Å². The third kappa shape index (κ3) is 9.18. The summed E-state index contributed by atoms with van der Waals surface area (Å²) < 4.78 is 17.9. The van der Waals surface area contributed by atoms with Gasteiger partial charge in [-0.3, -0.25) is 0 Å². The summed E-state index contributed by atoms with van der Waals surface area (Å²) in [6.07, 6.45) is 0.897. The van der Waals surface area contributed by atoms with Crippen molar-refractivity contribution in [3.8, 4) is 28.4 Å². The average Bonchev–Trinajstić information content (AvgIpc) is 3.03.